The van der Waals surface area contributed by atoms with E-state index in [2.05, 4.69) is 10.5 Å². The Morgan fingerprint density at radius 1 is 1.35 bits per heavy atom. The van der Waals surface area contributed by atoms with E-state index in [1.165, 1.54) is 12.3 Å². The van der Waals surface area contributed by atoms with Crippen molar-refractivity contribution >= 4 is 28.5 Å². The van der Waals surface area contributed by atoms with Gasteiger partial charge in [-0.25, -0.2) is 5.43 Å². The maximum Gasteiger partial charge on any atom is 0.324 e. The molecule has 1 amide bonds. The molecule has 1 N–H and O–H groups in total. The summed E-state index contributed by atoms with van der Waals surface area (Å²) in [5.41, 5.74) is 2.33. The Morgan fingerprint density at radius 2 is 2.13 bits per heavy atom. The summed E-state index contributed by atoms with van der Waals surface area (Å²) < 4.78 is 11.0. The van der Waals surface area contributed by atoms with Crippen molar-refractivity contribution in [2.75, 3.05) is 6.61 Å². The number of rotatable bonds is 4. The van der Waals surface area contributed by atoms with Gasteiger partial charge >= 0.3 is 5.00 Å². The second-order valence-corrected chi connectivity index (χ2v) is 5.63. The molecule has 9 heteroatoms. The Hall–Kier alpha value is -2.94. The monoisotopic (exact) mass is 333 g/mol. The van der Waals surface area contributed by atoms with Crippen LogP contribution in [-0.4, -0.2) is 29.8 Å². The molecule has 0 radical (unpaired) electrons. The molecule has 0 bridgehead atoms. The fourth-order valence-corrected chi connectivity index (χ4v) is 2.58. The number of nitro groups is 1. The number of nitrogens with one attached hydrogen (secondary N) is 1. The van der Waals surface area contributed by atoms with Gasteiger partial charge in [-0.15, -0.1) is 0 Å². The smallest absolute Gasteiger partial charge is 0.324 e. The summed E-state index contributed by atoms with van der Waals surface area (Å²) >= 11 is 0.963. The Morgan fingerprint density at radius 3 is 2.87 bits per heavy atom. The molecule has 3 rings (SSSR count). The molecule has 0 fully saturated rings. The average Bonchev–Trinajstić information content (AvgIpc) is 3.03. The number of hydrogen-bond donors (Lipinski definition) is 1. The molecule has 118 valence electrons. The van der Waals surface area contributed by atoms with Gasteiger partial charge < -0.3 is 9.47 Å². The van der Waals surface area contributed by atoms with Crippen LogP contribution < -0.4 is 14.9 Å². The number of thiophene rings is 1. The van der Waals surface area contributed by atoms with E-state index in [4.69, 9.17) is 9.47 Å². The summed E-state index contributed by atoms with van der Waals surface area (Å²) in [5, 5.41) is 14.4. The lowest BCUT2D eigenvalue weighted by Crippen LogP contribution is -2.42. The van der Waals surface area contributed by atoms with Crippen LogP contribution in [0.2, 0.25) is 0 Å². The Labute approximate surface area is 134 Å². The third-order valence-corrected chi connectivity index (χ3v) is 3.93. The first-order valence-corrected chi connectivity index (χ1v) is 7.41. The fraction of sp³-hybridized carbons (Fsp3) is 0.143. The first-order valence-electron chi connectivity index (χ1n) is 6.59. The molecule has 1 atom stereocenters. The van der Waals surface area contributed by atoms with Crippen molar-refractivity contribution in [3.63, 3.8) is 0 Å². The topological polar surface area (TPSA) is 103 Å². The fourth-order valence-electron chi connectivity index (χ4n) is 1.89. The average molecular weight is 333 g/mol. The molecule has 2 aromatic rings. The maximum atomic E-state index is 12.0. The van der Waals surface area contributed by atoms with Crippen molar-refractivity contribution in [1.29, 1.82) is 0 Å². The van der Waals surface area contributed by atoms with Crippen molar-refractivity contribution < 1.29 is 19.2 Å². The number of carbonyl (C=O) groups is 1. The molecule has 23 heavy (non-hydrogen) atoms. The van der Waals surface area contributed by atoms with E-state index in [-0.39, 0.29) is 11.6 Å². The second-order valence-electron chi connectivity index (χ2n) is 4.53. The number of hydrazone groups is 1. The third kappa shape index (κ3) is 3.46. The first-order chi connectivity index (χ1) is 11.1. The highest BCUT2D eigenvalue weighted by Crippen LogP contribution is 2.30. The van der Waals surface area contributed by atoms with Crippen LogP contribution in [-0.2, 0) is 4.79 Å². The molecule has 1 aromatic carbocycles. The van der Waals surface area contributed by atoms with Gasteiger partial charge in [-0.3, -0.25) is 14.9 Å². The molecule has 8 nitrogen and oxygen atoms in total. The van der Waals surface area contributed by atoms with E-state index in [1.54, 1.807) is 24.3 Å². The first kappa shape index (κ1) is 15.0. The summed E-state index contributed by atoms with van der Waals surface area (Å²) in [7, 11) is 0. The molecule has 0 aliphatic carbocycles. The van der Waals surface area contributed by atoms with Crippen molar-refractivity contribution in [3.8, 4) is 11.5 Å². The summed E-state index contributed by atoms with van der Waals surface area (Å²) in [6, 6.07) is 9.99. The molecular weight excluding hydrogens is 322 g/mol. The number of nitrogens with zero attached hydrogens (tertiary/aromatic N) is 2. The zero-order valence-corrected chi connectivity index (χ0v) is 12.5. The zero-order valence-electron chi connectivity index (χ0n) is 11.7. The van der Waals surface area contributed by atoms with E-state index in [1.807, 2.05) is 6.07 Å². The van der Waals surface area contributed by atoms with E-state index in [9.17, 15) is 14.9 Å². The largest absolute Gasteiger partial charge is 0.485 e. The lowest BCUT2D eigenvalue weighted by Gasteiger charge is -2.24. The predicted octanol–water partition coefficient (Wildman–Crippen LogP) is 1.95. The van der Waals surface area contributed by atoms with E-state index < -0.39 is 16.9 Å². The normalized spacial score (nSPS) is 16.3. The molecule has 2 heterocycles. The lowest BCUT2D eigenvalue weighted by molar-refractivity contribution is -0.380. The molecule has 0 saturated carbocycles. The van der Waals surface area contributed by atoms with Gasteiger partial charge in [0, 0.05) is 6.07 Å². The number of benzene rings is 1. The minimum absolute atomic E-state index is 0.0124. The van der Waals surface area contributed by atoms with Crippen LogP contribution in [0, 0.1) is 10.1 Å². The molecule has 0 spiro atoms. The molecule has 1 aliphatic rings. The zero-order chi connectivity index (χ0) is 16.2. The highest BCUT2D eigenvalue weighted by molar-refractivity contribution is 7.16. The van der Waals surface area contributed by atoms with Gasteiger partial charge in [0.15, 0.2) is 11.5 Å². The van der Waals surface area contributed by atoms with Crippen LogP contribution in [0.1, 0.15) is 4.88 Å². The summed E-state index contributed by atoms with van der Waals surface area (Å²) in [6.45, 7) is 0.0862. The van der Waals surface area contributed by atoms with Crippen molar-refractivity contribution in [2.24, 2.45) is 5.10 Å². The molecule has 0 unspecified atom stereocenters. The van der Waals surface area contributed by atoms with Crippen molar-refractivity contribution in [1.82, 2.24) is 5.43 Å². The van der Waals surface area contributed by atoms with Crippen molar-refractivity contribution in [2.45, 2.75) is 6.10 Å². The van der Waals surface area contributed by atoms with Crippen LogP contribution in [0.15, 0.2) is 41.5 Å². The number of ether oxygens (including phenoxy) is 2. The quantitative estimate of drug-likeness (QED) is 0.523. The number of hydrogen-bond acceptors (Lipinski definition) is 7. The van der Waals surface area contributed by atoms with Gasteiger partial charge in [0.25, 0.3) is 5.91 Å². The van der Waals surface area contributed by atoms with Crippen LogP contribution in [0.3, 0.4) is 0 Å². The highest BCUT2D eigenvalue weighted by atomic mass is 32.1. The van der Waals surface area contributed by atoms with Gasteiger partial charge in [-0.05, 0) is 18.2 Å². The van der Waals surface area contributed by atoms with Crippen LogP contribution in [0.25, 0.3) is 0 Å². The Kier molecular flexibility index (Phi) is 4.20. The number of fused-ring (bicyclic) bond motifs is 1. The minimum Gasteiger partial charge on any atom is -0.485 e. The van der Waals surface area contributed by atoms with Crippen molar-refractivity contribution in [3.05, 3.63) is 51.4 Å². The summed E-state index contributed by atoms with van der Waals surface area (Å²) in [5.74, 6) is 0.629. The second kappa shape index (κ2) is 6.44. The predicted molar refractivity (Wildman–Crippen MR) is 83.1 cm³/mol. The van der Waals surface area contributed by atoms with Crippen LogP contribution >= 0.6 is 11.3 Å². The van der Waals surface area contributed by atoms with Gasteiger partial charge in [0.05, 0.1) is 16.0 Å². The standard InChI is InChI=1S/C14H11N3O5S/c18-14(12-8-21-10-3-1-2-4-11(10)22-12)16-15-7-9-5-6-13(23-9)17(19)20/h1-7,12H,8H2,(H,16,18)/b15-7-/t12-/m0/s1. The van der Waals surface area contributed by atoms with E-state index in [0.717, 1.165) is 11.3 Å². The Bertz CT molecular complexity index is 773. The molecule has 1 aromatic heterocycles. The van der Waals surface area contributed by atoms with E-state index >= 15 is 0 Å². The lowest BCUT2D eigenvalue weighted by atomic mass is 10.2. The summed E-state index contributed by atoms with van der Waals surface area (Å²) in [6.07, 6.45) is 0.535. The Balaban J connectivity index is 1.57. The van der Waals surface area contributed by atoms with Crippen LogP contribution in [0.4, 0.5) is 5.00 Å². The number of amides is 1. The van der Waals surface area contributed by atoms with Gasteiger partial charge in [-0.2, -0.15) is 5.10 Å². The third-order valence-electron chi connectivity index (χ3n) is 2.96. The van der Waals surface area contributed by atoms with Gasteiger partial charge in [-0.1, -0.05) is 23.5 Å². The summed E-state index contributed by atoms with van der Waals surface area (Å²) in [4.78, 5) is 22.6. The van der Waals surface area contributed by atoms with Crippen LogP contribution in [0.5, 0.6) is 11.5 Å². The van der Waals surface area contributed by atoms with Gasteiger partial charge in [0.2, 0.25) is 6.10 Å². The van der Waals surface area contributed by atoms with E-state index in [0.29, 0.717) is 16.4 Å². The SMILES string of the molecule is O=C(N/N=C\c1ccc([N+](=O)[O-])s1)[C@@H]1COc2ccccc2O1. The minimum atomic E-state index is -0.806. The molecule has 1 aliphatic heterocycles. The van der Waals surface area contributed by atoms with Gasteiger partial charge in [0.1, 0.15) is 6.61 Å². The molecular formula is C14H11N3O5S. The maximum absolute atomic E-state index is 12.0. The number of para-hydroxylation sites is 2. The molecule has 0 saturated heterocycles. The number of carbonyl (C=O) groups excluding carboxylic acids is 1. The highest BCUT2D eigenvalue weighted by Gasteiger charge is 2.26.